The molecule has 0 aliphatic carbocycles. The first-order chi connectivity index (χ1) is 4.70. The quantitative estimate of drug-likeness (QED) is 0.490. The third kappa shape index (κ3) is 4.58. The van der Waals surface area contributed by atoms with Gasteiger partial charge in [-0.15, -0.1) is 11.6 Å². The highest BCUT2D eigenvalue weighted by atomic mass is 35.5. The van der Waals surface area contributed by atoms with Gasteiger partial charge < -0.3 is 9.84 Å². The number of halogens is 1. The Kier molecular flexibility index (Phi) is 5.35. The Bertz CT molecular complexity index is 105. The molecule has 0 radical (unpaired) electrons. The molecule has 4 heteroatoms. The lowest BCUT2D eigenvalue weighted by atomic mass is 10.3. The Labute approximate surface area is 64.9 Å². The highest BCUT2D eigenvalue weighted by Gasteiger charge is 2.09. The lowest BCUT2D eigenvalue weighted by Gasteiger charge is -2.03. The molecule has 0 bridgehead atoms. The zero-order valence-corrected chi connectivity index (χ0v) is 6.60. The van der Waals surface area contributed by atoms with Crippen molar-refractivity contribution in [1.82, 2.24) is 0 Å². The minimum Gasteiger partial charge on any atom is -0.466 e. The van der Waals surface area contributed by atoms with Gasteiger partial charge in [0.05, 0.1) is 25.0 Å². The van der Waals surface area contributed by atoms with Crippen LogP contribution in [0.25, 0.3) is 0 Å². The van der Waals surface area contributed by atoms with Crippen LogP contribution in [0.2, 0.25) is 0 Å². The molecule has 1 atom stereocenters. The monoisotopic (exact) mass is 166 g/mol. The standard InChI is InChI=1S/C6H11ClO3/c1-2-10-6(9)3-5(7)4-8/h5,8H,2-4H2,1H3. The number of ether oxygens (including phenoxy) is 1. The lowest BCUT2D eigenvalue weighted by Crippen LogP contribution is -2.14. The maximum absolute atomic E-state index is 10.6. The molecule has 1 N–H and O–H groups in total. The summed E-state index contributed by atoms with van der Waals surface area (Å²) in [6.07, 6.45) is 0.0753. The third-order valence-corrected chi connectivity index (χ3v) is 1.18. The summed E-state index contributed by atoms with van der Waals surface area (Å²) >= 11 is 5.45. The zero-order valence-electron chi connectivity index (χ0n) is 5.84. The summed E-state index contributed by atoms with van der Waals surface area (Å²) in [6.45, 7) is 1.88. The molecule has 0 amide bonds. The molecule has 0 aliphatic rings. The van der Waals surface area contributed by atoms with E-state index in [-0.39, 0.29) is 19.0 Å². The summed E-state index contributed by atoms with van der Waals surface area (Å²) < 4.78 is 4.58. The number of hydrogen-bond acceptors (Lipinski definition) is 3. The normalized spacial score (nSPS) is 12.7. The Balaban J connectivity index is 3.37. The predicted molar refractivity (Wildman–Crippen MR) is 38.0 cm³/mol. The number of carbonyl (C=O) groups excluding carboxylic acids is 1. The molecule has 0 fully saturated rings. The Morgan fingerprint density at radius 1 is 1.80 bits per heavy atom. The summed E-state index contributed by atoms with van der Waals surface area (Å²) in [4.78, 5) is 10.6. The Morgan fingerprint density at radius 2 is 2.40 bits per heavy atom. The summed E-state index contributed by atoms with van der Waals surface area (Å²) in [7, 11) is 0. The zero-order chi connectivity index (χ0) is 7.98. The van der Waals surface area contributed by atoms with Crippen molar-refractivity contribution < 1.29 is 14.6 Å². The molecule has 0 aromatic heterocycles. The summed E-state index contributed by atoms with van der Waals surface area (Å²) in [5.41, 5.74) is 0. The molecule has 0 heterocycles. The van der Waals surface area contributed by atoms with Crippen molar-refractivity contribution in [3.05, 3.63) is 0 Å². The molecule has 10 heavy (non-hydrogen) atoms. The summed E-state index contributed by atoms with van der Waals surface area (Å²) in [5, 5.41) is 7.90. The number of esters is 1. The van der Waals surface area contributed by atoms with E-state index in [2.05, 4.69) is 4.74 Å². The molecule has 0 rings (SSSR count). The second-order valence-electron chi connectivity index (χ2n) is 1.79. The SMILES string of the molecule is CCOC(=O)CC(Cl)CO. The van der Waals surface area contributed by atoms with Crippen molar-refractivity contribution in [2.45, 2.75) is 18.7 Å². The van der Waals surface area contributed by atoms with Gasteiger partial charge in [0, 0.05) is 0 Å². The molecule has 0 aromatic rings. The first-order valence-corrected chi connectivity index (χ1v) is 3.54. The van der Waals surface area contributed by atoms with Crippen molar-refractivity contribution >= 4 is 17.6 Å². The summed E-state index contributed by atoms with van der Waals surface area (Å²) in [5.74, 6) is -0.364. The van der Waals surface area contributed by atoms with Crippen molar-refractivity contribution in [3.63, 3.8) is 0 Å². The molecule has 1 unspecified atom stereocenters. The van der Waals surface area contributed by atoms with Gasteiger partial charge >= 0.3 is 5.97 Å². The van der Waals surface area contributed by atoms with Crippen molar-refractivity contribution in [3.8, 4) is 0 Å². The number of aliphatic hydroxyl groups is 1. The van der Waals surface area contributed by atoms with E-state index in [1.807, 2.05) is 0 Å². The molecule has 60 valence electrons. The van der Waals surface area contributed by atoms with Crippen molar-refractivity contribution in [2.24, 2.45) is 0 Å². The van der Waals surface area contributed by atoms with E-state index < -0.39 is 5.38 Å². The highest BCUT2D eigenvalue weighted by molar-refractivity contribution is 6.21. The highest BCUT2D eigenvalue weighted by Crippen LogP contribution is 2.01. The van der Waals surface area contributed by atoms with Crippen molar-refractivity contribution in [1.29, 1.82) is 0 Å². The fraction of sp³-hybridized carbons (Fsp3) is 0.833. The van der Waals surface area contributed by atoms with Gasteiger partial charge in [0.25, 0.3) is 0 Å². The molecule has 0 aromatic carbocycles. The predicted octanol–water partition coefficient (Wildman–Crippen LogP) is 0.539. The summed E-state index contributed by atoms with van der Waals surface area (Å²) in [6, 6.07) is 0. The minimum atomic E-state index is -0.515. The molecule has 3 nitrogen and oxygen atoms in total. The van der Waals surface area contributed by atoms with Gasteiger partial charge in [0.2, 0.25) is 0 Å². The van der Waals surface area contributed by atoms with Gasteiger partial charge in [0.1, 0.15) is 0 Å². The van der Waals surface area contributed by atoms with Crippen LogP contribution in [0, 0.1) is 0 Å². The van der Waals surface area contributed by atoms with E-state index in [4.69, 9.17) is 16.7 Å². The van der Waals surface area contributed by atoms with Gasteiger partial charge in [-0.25, -0.2) is 0 Å². The van der Waals surface area contributed by atoms with Crippen LogP contribution in [-0.4, -0.2) is 29.7 Å². The second kappa shape index (κ2) is 5.50. The van der Waals surface area contributed by atoms with E-state index in [0.717, 1.165) is 0 Å². The molecule has 0 spiro atoms. The van der Waals surface area contributed by atoms with Crippen LogP contribution in [0.15, 0.2) is 0 Å². The van der Waals surface area contributed by atoms with E-state index in [1.54, 1.807) is 6.92 Å². The van der Waals surface area contributed by atoms with Gasteiger partial charge in [0.15, 0.2) is 0 Å². The number of alkyl halides is 1. The molecule has 0 saturated heterocycles. The number of rotatable bonds is 4. The van der Waals surface area contributed by atoms with Crippen LogP contribution >= 0.6 is 11.6 Å². The van der Waals surface area contributed by atoms with Gasteiger partial charge in [-0.3, -0.25) is 4.79 Å². The average Bonchev–Trinajstić information content (AvgIpc) is 1.88. The average molecular weight is 167 g/mol. The van der Waals surface area contributed by atoms with Crippen LogP contribution in [0.4, 0.5) is 0 Å². The van der Waals surface area contributed by atoms with Gasteiger partial charge in [-0.2, -0.15) is 0 Å². The van der Waals surface area contributed by atoms with Gasteiger partial charge in [-0.05, 0) is 6.92 Å². The smallest absolute Gasteiger partial charge is 0.307 e. The van der Waals surface area contributed by atoms with Crippen LogP contribution in [0.3, 0.4) is 0 Å². The van der Waals surface area contributed by atoms with Gasteiger partial charge in [-0.1, -0.05) is 0 Å². The fourth-order valence-electron chi connectivity index (χ4n) is 0.465. The molecule has 0 aliphatic heterocycles. The number of hydrogen-bond donors (Lipinski definition) is 1. The minimum absolute atomic E-state index is 0.0753. The fourth-order valence-corrected chi connectivity index (χ4v) is 0.591. The van der Waals surface area contributed by atoms with Crippen LogP contribution in [0.5, 0.6) is 0 Å². The first kappa shape index (κ1) is 9.72. The van der Waals surface area contributed by atoms with Crippen LogP contribution < -0.4 is 0 Å². The lowest BCUT2D eigenvalue weighted by molar-refractivity contribution is -0.143. The molecule has 0 saturated carbocycles. The number of aliphatic hydroxyl groups excluding tert-OH is 1. The van der Waals surface area contributed by atoms with E-state index >= 15 is 0 Å². The van der Waals surface area contributed by atoms with E-state index in [1.165, 1.54) is 0 Å². The third-order valence-electron chi connectivity index (χ3n) is 0.892. The van der Waals surface area contributed by atoms with Crippen LogP contribution in [0.1, 0.15) is 13.3 Å². The Morgan fingerprint density at radius 3 is 2.80 bits per heavy atom. The van der Waals surface area contributed by atoms with Crippen molar-refractivity contribution in [2.75, 3.05) is 13.2 Å². The first-order valence-electron chi connectivity index (χ1n) is 3.11. The number of carbonyl (C=O) groups is 1. The second-order valence-corrected chi connectivity index (χ2v) is 2.41. The molecular formula is C6H11ClO3. The maximum Gasteiger partial charge on any atom is 0.307 e. The topological polar surface area (TPSA) is 46.5 Å². The van der Waals surface area contributed by atoms with E-state index in [9.17, 15) is 4.79 Å². The Hall–Kier alpha value is -0.280. The maximum atomic E-state index is 10.6. The van der Waals surface area contributed by atoms with E-state index in [0.29, 0.717) is 6.61 Å². The largest absolute Gasteiger partial charge is 0.466 e. The molecular weight excluding hydrogens is 156 g/mol. The van der Waals surface area contributed by atoms with Crippen LogP contribution in [-0.2, 0) is 9.53 Å².